The highest BCUT2D eigenvalue weighted by Gasteiger charge is 2.54. The molecule has 0 spiro atoms. The summed E-state index contributed by atoms with van der Waals surface area (Å²) in [5.74, 6) is -0.0492. The molecule has 1 saturated heterocycles. The van der Waals surface area contributed by atoms with Gasteiger partial charge in [0.05, 0.1) is 19.2 Å². The molecule has 0 aliphatic carbocycles. The maximum atomic E-state index is 12.6. The molecule has 1 unspecified atom stereocenters. The molecule has 18 heteroatoms. The Labute approximate surface area is 284 Å². The lowest BCUT2D eigenvalue weighted by Gasteiger charge is -2.27. The number of aliphatic hydroxyl groups excluding tert-OH is 1. The van der Waals surface area contributed by atoms with E-state index in [4.69, 9.17) is 29.2 Å². The maximum Gasteiger partial charge on any atom is 0.395 e. The SMILES string of the molecule is COc1nc(N)nc2c1nc(I)n2[C@@H]1O[C@H](COc2ccc3c(O[P+]([O-])=N[C@@H](C)C(=O)OCC(C)(C)C)cccc3n2)[C@@H](O)[C@@]1(C)O. The number of ether oxygens (including phenoxy) is 4. The minimum absolute atomic E-state index is 0.0620. The number of hydrogen-bond acceptors (Lipinski definition) is 15. The summed E-state index contributed by atoms with van der Waals surface area (Å²) in [4.78, 5) is 42.1. The number of aliphatic hydroxyl groups is 2. The molecule has 3 aromatic heterocycles. The number of fused-ring (bicyclic) bond motifs is 2. The first-order valence-electron chi connectivity index (χ1n) is 14.4. The molecule has 1 aliphatic heterocycles. The van der Waals surface area contributed by atoms with Gasteiger partial charge in [-0.3, -0.25) is 9.09 Å². The number of methoxy groups -OCH3 is 1. The van der Waals surface area contributed by atoms with E-state index < -0.39 is 44.2 Å². The van der Waals surface area contributed by atoms with Crippen molar-refractivity contribution >= 4 is 64.7 Å². The summed E-state index contributed by atoms with van der Waals surface area (Å²) in [6.45, 7) is 8.75. The molecule has 0 amide bonds. The fourth-order valence-electron chi connectivity index (χ4n) is 4.78. The number of benzene rings is 1. The van der Waals surface area contributed by atoms with Crippen LogP contribution in [0.4, 0.5) is 5.95 Å². The highest BCUT2D eigenvalue weighted by molar-refractivity contribution is 14.1. The topological polar surface area (TPSA) is 222 Å². The van der Waals surface area contributed by atoms with Crippen LogP contribution in [-0.4, -0.2) is 84.9 Å². The molecule has 1 aromatic carbocycles. The van der Waals surface area contributed by atoms with Crippen LogP contribution in [0.3, 0.4) is 0 Å². The number of hydrogen-bond donors (Lipinski definition) is 3. The number of nitrogens with two attached hydrogens (primary N) is 1. The van der Waals surface area contributed by atoms with E-state index >= 15 is 0 Å². The standard InChI is InChI=1S/C29H35IN7O9P/c1-14(24(39)44-13-28(2,3)4)36-47(41)46-17-9-7-8-16-15(17)10-11-19(32-16)43-12-18-21(38)29(5,40)25(45-18)37-22-20(33-26(37)30)23(42-6)35-27(31)34-22/h7-11,14,18,21,25,38,40H,12-13H2,1-6H3,(H2,31,34,35)/t14-,18+,21+,25+,29+/m0/s1. The third-order valence-corrected chi connectivity index (χ3v) is 8.81. The second-order valence-electron chi connectivity index (χ2n) is 12.3. The highest BCUT2D eigenvalue weighted by atomic mass is 127. The monoisotopic (exact) mass is 783 g/mol. The molecule has 4 heterocycles. The number of rotatable bonds is 10. The molecule has 4 aromatic rings. The van der Waals surface area contributed by atoms with Crippen LogP contribution < -0.4 is 24.6 Å². The van der Waals surface area contributed by atoms with Crippen molar-refractivity contribution in [3.8, 4) is 17.5 Å². The zero-order valence-corrected chi connectivity index (χ0v) is 29.5. The fourth-order valence-corrected chi connectivity index (χ4v) is 6.26. The van der Waals surface area contributed by atoms with Crippen molar-refractivity contribution < 1.29 is 43.4 Å². The third kappa shape index (κ3) is 7.49. The van der Waals surface area contributed by atoms with Crippen molar-refractivity contribution in [3.63, 3.8) is 0 Å². The summed E-state index contributed by atoms with van der Waals surface area (Å²) in [6, 6.07) is 7.23. The molecule has 0 radical (unpaired) electrons. The number of nitrogens with zero attached hydrogens (tertiary/aromatic N) is 6. The van der Waals surface area contributed by atoms with Crippen LogP contribution in [0, 0.1) is 9.25 Å². The number of anilines is 1. The minimum Gasteiger partial charge on any atom is -0.575 e. The molecule has 0 bridgehead atoms. The van der Waals surface area contributed by atoms with E-state index in [0.29, 0.717) is 20.3 Å². The first kappa shape index (κ1) is 34.8. The molecule has 1 fully saturated rings. The van der Waals surface area contributed by atoms with Gasteiger partial charge in [0.1, 0.15) is 24.4 Å². The van der Waals surface area contributed by atoms with Crippen LogP contribution in [0.2, 0.25) is 0 Å². The Kier molecular flexibility index (Phi) is 10.1. The van der Waals surface area contributed by atoms with Crippen molar-refractivity contribution in [2.75, 3.05) is 26.1 Å². The second kappa shape index (κ2) is 13.6. The van der Waals surface area contributed by atoms with E-state index in [1.807, 2.05) is 43.4 Å². The Balaban J connectivity index is 1.29. The Morgan fingerprint density at radius 2 is 2.00 bits per heavy atom. The predicted octanol–water partition coefficient (Wildman–Crippen LogP) is 2.87. The molecule has 5 rings (SSSR count). The lowest BCUT2D eigenvalue weighted by atomic mass is 9.96. The highest BCUT2D eigenvalue weighted by Crippen LogP contribution is 2.42. The summed E-state index contributed by atoms with van der Waals surface area (Å²) < 4.78 is 33.9. The van der Waals surface area contributed by atoms with E-state index in [1.165, 1.54) is 25.5 Å². The van der Waals surface area contributed by atoms with Crippen LogP contribution in [0.15, 0.2) is 35.1 Å². The lowest BCUT2D eigenvalue weighted by Crippen LogP contribution is -2.45. The average Bonchev–Trinajstić information content (AvgIpc) is 3.44. The molecule has 47 heavy (non-hydrogen) atoms. The number of imidazole rings is 1. The molecule has 1 aliphatic rings. The number of esters is 1. The summed E-state index contributed by atoms with van der Waals surface area (Å²) in [7, 11) is -1.17. The van der Waals surface area contributed by atoms with Gasteiger partial charge in [0, 0.05) is 34.0 Å². The molecular formula is C29H35IN7O9P. The summed E-state index contributed by atoms with van der Waals surface area (Å²) in [5.41, 5.74) is 4.91. The summed E-state index contributed by atoms with van der Waals surface area (Å²) >= 11 is 1.96. The number of pyridine rings is 1. The van der Waals surface area contributed by atoms with Gasteiger partial charge in [-0.2, -0.15) is 9.97 Å². The largest absolute Gasteiger partial charge is 0.575 e. The molecule has 16 nitrogen and oxygen atoms in total. The van der Waals surface area contributed by atoms with Gasteiger partial charge in [-0.05, 0) is 37.5 Å². The predicted molar refractivity (Wildman–Crippen MR) is 177 cm³/mol. The fraction of sp³-hybridized carbons (Fsp3) is 0.483. The van der Waals surface area contributed by atoms with Crippen LogP contribution in [0.1, 0.15) is 40.8 Å². The number of carbonyl (C=O) groups excluding carboxylic acids is 1. The third-order valence-electron chi connectivity index (χ3n) is 7.16. The smallest absolute Gasteiger partial charge is 0.395 e. The van der Waals surface area contributed by atoms with Gasteiger partial charge in [0.15, 0.2) is 33.0 Å². The summed E-state index contributed by atoms with van der Waals surface area (Å²) in [5, 5.41) is 22.9. The van der Waals surface area contributed by atoms with Crippen LogP contribution in [-0.2, 0) is 14.3 Å². The Bertz CT molecular complexity index is 1830. The quantitative estimate of drug-likeness (QED) is 0.0912. The van der Waals surface area contributed by atoms with E-state index in [2.05, 4.69) is 24.7 Å². The van der Waals surface area contributed by atoms with E-state index in [1.54, 1.807) is 30.3 Å². The van der Waals surface area contributed by atoms with Crippen LogP contribution >= 0.6 is 30.8 Å². The van der Waals surface area contributed by atoms with E-state index in [-0.39, 0.29) is 47.7 Å². The number of carbonyl (C=O) groups is 1. The van der Waals surface area contributed by atoms with Gasteiger partial charge < -0.3 is 39.8 Å². The Morgan fingerprint density at radius 1 is 1.26 bits per heavy atom. The van der Waals surface area contributed by atoms with Gasteiger partial charge in [-0.25, -0.2) is 14.8 Å². The van der Waals surface area contributed by atoms with Gasteiger partial charge in [-0.15, -0.1) is 0 Å². The maximum absolute atomic E-state index is 12.6. The normalized spacial score (nSPS) is 22.4. The Hall–Kier alpha value is -3.48. The van der Waals surface area contributed by atoms with E-state index in [0.717, 1.165) is 0 Å². The van der Waals surface area contributed by atoms with Crippen LogP contribution in [0.25, 0.3) is 22.1 Å². The first-order chi connectivity index (χ1) is 22.1. The zero-order valence-electron chi connectivity index (χ0n) is 26.4. The molecule has 6 atom stereocenters. The molecule has 252 valence electrons. The molecule has 0 saturated carbocycles. The zero-order chi connectivity index (χ0) is 34.3. The first-order valence-corrected chi connectivity index (χ1v) is 16.7. The van der Waals surface area contributed by atoms with Crippen LogP contribution in [0.5, 0.6) is 17.5 Å². The van der Waals surface area contributed by atoms with E-state index in [9.17, 15) is 19.9 Å². The minimum atomic E-state index is -2.60. The number of aromatic nitrogens is 5. The molecule has 4 N–H and O–H groups in total. The summed E-state index contributed by atoms with van der Waals surface area (Å²) in [6.07, 6.45) is -3.45. The van der Waals surface area contributed by atoms with Crippen molar-refractivity contribution in [1.29, 1.82) is 0 Å². The Morgan fingerprint density at radius 3 is 2.70 bits per heavy atom. The number of halogens is 1. The van der Waals surface area contributed by atoms with Crippen molar-refractivity contribution in [2.24, 2.45) is 10.2 Å². The second-order valence-corrected chi connectivity index (χ2v) is 14.1. The number of nitrogen functional groups attached to an aromatic ring is 1. The van der Waals surface area contributed by atoms with Crippen molar-refractivity contribution in [2.45, 2.75) is 64.7 Å². The van der Waals surface area contributed by atoms with Crippen molar-refractivity contribution in [1.82, 2.24) is 24.5 Å². The molecular weight excluding hydrogens is 748 g/mol. The lowest BCUT2D eigenvalue weighted by molar-refractivity contribution is -0.169. The van der Waals surface area contributed by atoms with Gasteiger partial charge >= 0.3 is 14.1 Å². The van der Waals surface area contributed by atoms with Gasteiger partial charge in [-0.1, -0.05) is 31.6 Å². The average molecular weight is 784 g/mol. The van der Waals surface area contributed by atoms with Gasteiger partial charge in [0.25, 0.3) is 0 Å². The van der Waals surface area contributed by atoms with Crippen molar-refractivity contribution in [3.05, 3.63) is 34.2 Å². The van der Waals surface area contributed by atoms with Gasteiger partial charge in [0.2, 0.25) is 17.7 Å².